The first-order valence-electron chi connectivity index (χ1n) is 10.9. The van der Waals surface area contributed by atoms with Crippen LogP contribution in [-0.2, 0) is 47.6 Å². The molecule has 0 aliphatic carbocycles. The number of carbonyl (C=O) groups excluding carboxylic acids is 5. The van der Waals surface area contributed by atoms with Gasteiger partial charge in [0, 0.05) is 27.7 Å². The Labute approximate surface area is 202 Å². The molecule has 1 aliphatic rings. The Hall–Kier alpha value is -3.47. The molecule has 0 bridgehead atoms. The summed E-state index contributed by atoms with van der Waals surface area (Å²) < 4.78 is 32.3. The summed E-state index contributed by atoms with van der Waals surface area (Å²) in [5.41, 5.74) is 2.53. The molecule has 5 atom stereocenters. The third kappa shape index (κ3) is 7.51. The van der Waals surface area contributed by atoms with Crippen LogP contribution in [0, 0.1) is 20.8 Å². The molecule has 35 heavy (non-hydrogen) atoms. The van der Waals surface area contributed by atoms with E-state index in [1.165, 1.54) is 0 Å². The quantitative estimate of drug-likeness (QED) is 0.405. The Morgan fingerprint density at radius 2 is 1.20 bits per heavy atom. The molecule has 1 aromatic carbocycles. The molecule has 1 saturated heterocycles. The van der Waals surface area contributed by atoms with E-state index in [1.54, 1.807) is 26.0 Å². The number of hydrogen-bond acceptors (Lipinski definition) is 11. The number of ether oxygens (including phenoxy) is 6. The van der Waals surface area contributed by atoms with Crippen LogP contribution in [0.15, 0.2) is 12.1 Å². The predicted molar refractivity (Wildman–Crippen MR) is 118 cm³/mol. The predicted octanol–water partition coefficient (Wildman–Crippen LogP) is 1.85. The van der Waals surface area contributed by atoms with E-state index in [0.717, 1.165) is 33.3 Å². The summed E-state index contributed by atoms with van der Waals surface area (Å²) in [4.78, 5) is 60.1. The average molecular weight is 494 g/mol. The topological polar surface area (TPSA) is 141 Å². The molecule has 1 aliphatic heterocycles. The zero-order chi connectivity index (χ0) is 26.4. The number of rotatable bonds is 7. The minimum Gasteiger partial charge on any atom is -0.463 e. The molecule has 1 fully saturated rings. The lowest BCUT2D eigenvalue weighted by molar-refractivity contribution is -0.294. The maximum atomic E-state index is 13.1. The second-order valence-electron chi connectivity index (χ2n) is 8.25. The SMILES string of the molecule is CC(=O)OC[C@@H]1O[C@@H](OC(=O)c2c(C)cc(C)cc2C)[C@@H](OC(C)=O)[C@H](OC(C)=O)[C@@H]1OC(C)=O. The Morgan fingerprint density at radius 1 is 0.714 bits per heavy atom. The molecule has 0 saturated carbocycles. The summed E-state index contributed by atoms with van der Waals surface area (Å²) in [7, 11) is 0. The highest BCUT2D eigenvalue weighted by molar-refractivity contribution is 5.93. The van der Waals surface area contributed by atoms with Crippen LogP contribution in [0.3, 0.4) is 0 Å². The van der Waals surface area contributed by atoms with Crippen LogP contribution in [0.4, 0.5) is 0 Å². The Morgan fingerprint density at radius 3 is 1.69 bits per heavy atom. The van der Waals surface area contributed by atoms with Gasteiger partial charge in [-0.15, -0.1) is 0 Å². The number of esters is 5. The Kier molecular flexibility index (Phi) is 9.35. The van der Waals surface area contributed by atoms with E-state index < -0.39 is 67.2 Å². The second-order valence-corrected chi connectivity index (χ2v) is 8.25. The van der Waals surface area contributed by atoms with Gasteiger partial charge in [0.1, 0.15) is 12.7 Å². The van der Waals surface area contributed by atoms with Crippen LogP contribution in [0.2, 0.25) is 0 Å². The third-order valence-electron chi connectivity index (χ3n) is 5.05. The molecular formula is C24H30O11. The lowest BCUT2D eigenvalue weighted by atomic mass is 9.97. The minimum atomic E-state index is -1.58. The van der Waals surface area contributed by atoms with E-state index in [9.17, 15) is 24.0 Å². The second kappa shape index (κ2) is 11.8. The van der Waals surface area contributed by atoms with E-state index in [1.807, 2.05) is 6.92 Å². The van der Waals surface area contributed by atoms with E-state index in [2.05, 4.69) is 0 Å². The number of hydrogen-bond donors (Lipinski definition) is 0. The highest BCUT2D eigenvalue weighted by Crippen LogP contribution is 2.31. The molecule has 1 heterocycles. The van der Waals surface area contributed by atoms with Gasteiger partial charge in [0.25, 0.3) is 0 Å². The van der Waals surface area contributed by atoms with E-state index in [4.69, 9.17) is 28.4 Å². The maximum absolute atomic E-state index is 13.1. The van der Waals surface area contributed by atoms with E-state index >= 15 is 0 Å². The molecule has 0 N–H and O–H groups in total. The van der Waals surface area contributed by atoms with Crippen LogP contribution < -0.4 is 0 Å². The molecule has 192 valence electrons. The molecule has 11 nitrogen and oxygen atoms in total. The van der Waals surface area contributed by atoms with Gasteiger partial charge in [0.2, 0.25) is 12.4 Å². The highest BCUT2D eigenvalue weighted by atomic mass is 16.7. The molecule has 0 aromatic heterocycles. The Bertz CT molecular complexity index is 976. The lowest BCUT2D eigenvalue weighted by Gasteiger charge is -2.43. The molecule has 0 radical (unpaired) electrons. The van der Waals surface area contributed by atoms with Gasteiger partial charge in [-0.2, -0.15) is 0 Å². The van der Waals surface area contributed by atoms with Crippen molar-refractivity contribution in [3.05, 3.63) is 34.4 Å². The van der Waals surface area contributed by atoms with Gasteiger partial charge in [-0.3, -0.25) is 19.2 Å². The summed E-state index contributed by atoms with van der Waals surface area (Å²) in [6.45, 7) is 9.42. The number of aryl methyl sites for hydroxylation is 3. The third-order valence-corrected chi connectivity index (χ3v) is 5.05. The van der Waals surface area contributed by atoms with Crippen molar-refractivity contribution in [2.45, 2.75) is 79.2 Å². The van der Waals surface area contributed by atoms with Crippen molar-refractivity contribution in [1.82, 2.24) is 0 Å². The number of carbonyl (C=O) groups is 5. The zero-order valence-electron chi connectivity index (χ0n) is 20.7. The van der Waals surface area contributed by atoms with Crippen molar-refractivity contribution in [2.24, 2.45) is 0 Å². The van der Waals surface area contributed by atoms with Crippen LogP contribution in [0.5, 0.6) is 0 Å². The van der Waals surface area contributed by atoms with Crippen molar-refractivity contribution < 1.29 is 52.4 Å². The molecule has 1 aromatic rings. The van der Waals surface area contributed by atoms with Gasteiger partial charge in [0.15, 0.2) is 12.2 Å². The highest BCUT2D eigenvalue weighted by Gasteiger charge is 2.53. The van der Waals surface area contributed by atoms with Gasteiger partial charge in [-0.1, -0.05) is 17.7 Å². The minimum absolute atomic E-state index is 0.281. The fourth-order valence-corrected chi connectivity index (χ4v) is 3.95. The maximum Gasteiger partial charge on any atom is 0.341 e. The van der Waals surface area contributed by atoms with Crippen LogP contribution in [-0.4, -0.2) is 67.2 Å². The average Bonchev–Trinajstić information content (AvgIpc) is 2.69. The monoisotopic (exact) mass is 494 g/mol. The lowest BCUT2D eigenvalue weighted by Crippen LogP contribution is -2.63. The van der Waals surface area contributed by atoms with Gasteiger partial charge < -0.3 is 28.4 Å². The van der Waals surface area contributed by atoms with Crippen molar-refractivity contribution >= 4 is 29.8 Å². The van der Waals surface area contributed by atoms with E-state index in [0.29, 0.717) is 11.1 Å². The molecule has 11 heteroatoms. The molecule has 2 rings (SSSR count). The smallest absolute Gasteiger partial charge is 0.341 e. The van der Waals surface area contributed by atoms with Crippen molar-refractivity contribution in [2.75, 3.05) is 6.61 Å². The van der Waals surface area contributed by atoms with Gasteiger partial charge in [0.05, 0.1) is 5.56 Å². The van der Waals surface area contributed by atoms with Gasteiger partial charge in [-0.05, 0) is 31.9 Å². The molecular weight excluding hydrogens is 464 g/mol. The molecule has 0 spiro atoms. The summed E-state index contributed by atoms with van der Waals surface area (Å²) in [5.74, 6) is -3.76. The summed E-state index contributed by atoms with van der Waals surface area (Å²) >= 11 is 0. The standard InChI is InChI=1S/C24H30O11/c1-11-8-12(2)19(13(3)9-11)23(29)35-24-22(33-17(7)28)21(32-16(6)27)20(31-15(5)26)18(34-24)10-30-14(4)25/h8-9,18,20-22,24H,10H2,1-7H3/t18-,20+,21+,22-,24-/m0/s1. The van der Waals surface area contributed by atoms with Crippen LogP contribution in [0.1, 0.15) is 54.7 Å². The summed E-state index contributed by atoms with van der Waals surface area (Å²) in [5, 5.41) is 0. The normalized spacial score (nSPS) is 23.6. The van der Waals surface area contributed by atoms with Crippen LogP contribution >= 0.6 is 0 Å². The molecule has 0 unspecified atom stereocenters. The fourth-order valence-electron chi connectivity index (χ4n) is 3.95. The van der Waals surface area contributed by atoms with Crippen molar-refractivity contribution in [3.8, 4) is 0 Å². The summed E-state index contributed by atoms with van der Waals surface area (Å²) in [6, 6.07) is 3.60. The first-order chi connectivity index (χ1) is 16.3. The Balaban J connectivity index is 2.50. The van der Waals surface area contributed by atoms with Crippen molar-refractivity contribution in [3.63, 3.8) is 0 Å². The number of benzene rings is 1. The van der Waals surface area contributed by atoms with Crippen molar-refractivity contribution in [1.29, 1.82) is 0 Å². The first-order valence-corrected chi connectivity index (χ1v) is 10.9. The summed E-state index contributed by atoms with van der Waals surface area (Å²) in [6.07, 6.45) is -7.03. The van der Waals surface area contributed by atoms with Gasteiger partial charge >= 0.3 is 29.8 Å². The van der Waals surface area contributed by atoms with Crippen LogP contribution in [0.25, 0.3) is 0 Å². The van der Waals surface area contributed by atoms with E-state index in [-0.39, 0.29) is 5.56 Å². The first kappa shape index (κ1) is 27.8. The largest absolute Gasteiger partial charge is 0.463 e. The zero-order valence-corrected chi connectivity index (χ0v) is 20.7. The molecule has 0 amide bonds. The fraction of sp³-hybridized carbons (Fsp3) is 0.542. The van der Waals surface area contributed by atoms with Gasteiger partial charge in [-0.25, -0.2) is 4.79 Å².